The predicted octanol–water partition coefficient (Wildman–Crippen LogP) is 1.78. The van der Waals surface area contributed by atoms with Crippen LogP contribution in [-0.2, 0) is 18.3 Å². The van der Waals surface area contributed by atoms with Crippen LogP contribution in [0, 0.1) is 17.6 Å². The van der Waals surface area contributed by atoms with Gasteiger partial charge in [0.2, 0.25) is 5.91 Å². The highest BCUT2D eigenvalue weighted by Gasteiger charge is 2.34. The summed E-state index contributed by atoms with van der Waals surface area (Å²) in [5.74, 6) is -1.42. The molecule has 0 spiro atoms. The number of rotatable bonds is 5. The third-order valence-electron chi connectivity index (χ3n) is 4.44. The van der Waals surface area contributed by atoms with Gasteiger partial charge in [-0.3, -0.25) is 9.48 Å². The number of hydrogen-bond donors (Lipinski definition) is 2. The molecule has 1 aromatic carbocycles. The molecule has 0 radical (unpaired) electrons. The van der Waals surface area contributed by atoms with Crippen LogP contribution in [0.4, 0.5) is 8.78 Å². The zero-order chi connectivity index (χ0) is 17.1. The fourth-order valence-electron chi connectivity index (χ4n) is 3.15. The number of benzene rings is 1. The van der Waals surface area contributed by atoms with Crippen LogP contribution in [0.3, 0.4) is 0 Å². The Labute approximate surface area is 151 Å². The van der Waals surface area contributed by atoms with Crippen molar-refractivity contribution in [3.63, 3.8) is 0 Å². The Morgan fingerprint density at radius 2 is 2.08 bits per heavy atom. The summed E-state index contributed by atoms with van der Waals surface area (Å²) in [5.41, 5.74) is 1.02. The van der Waals surface area contributed by atoms with Gasteiger partial charge in [0.1, 0.15) is 11.6 Å². The van der Waals surface area contributed by atoms with Crippen molar-refractivity contribution in [2.24, 2.45) is 13.0 Å². The van der Waals surface area contributed by atoms with Gasteiger partial charge in [0.15, 0.2) is 0 Å². The minimum atomic E-state index is -0.583. The molecule has 1 aromatic heterocycles. The average Bonchev–Trinajstić information content (AvgIpc) is 3.18. The van der Waals surface area contributed by atoms with Crippen molar-refractivity contribution in [2.75, 3.05) is 19.6 Å². The molecule has 2 aromatic rings. The van der Waals surface area contributed by atoms with Gasteiger partial charge in [-0.25, -0.2) is 8.78 Å². The molecule has 1 aliphatic heterocycles. The summed E-state index contributed by atoms with van der Waals surface area (Å²) in [5, 5.41) is 10.2. The third-order valence-corrected chi connectivity index (χ3v) is 4.44. The molecule has 0 bridgehead atoms. The summed E-state index contributed by atoms with van der Waals surface area (Å²) in [6.45, 7) is 1.50. The van der Waals surface area contributed by atoms with Crippen molar-refractivity contribution in [1.82, 2.24) is 20.4 Å². The van der Waals surface area contributed by atoms with Crippen LogP contribution in [0.1, 0.15) is 17.0 Å². The van der Waals surface area contributed by atoms with Crippen molar-refractivity contribution >= 4 is 18.3 Å². The second-order valence-corrected chi connectivity index (χ2v) is 6.06. The Morgan fingerprint density at radius 1 is 1.36 bits per heavy atom. The zero-order valence-electron chi connectivity index (χ0n) is 13.8. The summed E-state index contributed by atoms with van der Waals surface area (Å²) in [7, 11) is 1.84. The molecule has 0 aliphatic carbocycles. The van der Waals surface area contributed by atoms with Crippen LogP contribution in [0.25, 0.3) is 0 Å². The smallest absolute Gasteiger partial charge is 0.225 e. The van der Waals surface area contributed by atoms with Crippen LogP contribution >= 0.6 is 12.4 Å². The van der Waals surface area contributed by atoms with E-state index in [9.17, 15) is 13.6 Å². The van der Waals surface area contributed by atoms with Gasteiger partial charge in [-0.15, -0.1) is 12.4 Å². The van der Waals surface area contributed by atoms with Crippen molar-refractivity contribution in [1.29, 1.82) is 0 Å². The van der Waals surface area contributed by atoms with E-state index in [1.165, 1.54) is 18.2 Å². The largest absolute Gasteiger partial charge is 0.355 e. The molecule has 2 heterocycles. The quantitative estimate of drug-likeness (QED) is 0.843. The number of amides is 1. The molecule has 0 saturated carbocycles. The maximum Gasteiger partial charge on any atom is 0.225 e. The highest BCUT2D eigenvalue weighted by atomic mass is 35.5. The van der Waals surface area contributed by atoms with Gasteiger partial charge >= 0.3 is 0 Å². The van der Waals surface area contributed by atoms with Gasteiger partial charge in [0, 0.05) is 44.4 Å². The second kappa shape index (κ2) is 8.40. The van der Waals surface area contributed by atoms with E-state index in [2.05, 4.69) is 15.7 Å². The molecule has 0 unspecified atom stereocenters. The number of carbonyl (C=O) groups is 1. The lowest BCUT2D eigenvalue weighted by Gasteiger charge is -2.17. The van der Waals surface area contributed by atoms with E-state index < -0.39 is 11.6 Å². The summed E-state index contributed by atoms with van der Waals surface area (Å²) in [6, 6.07) is 3.77. The van der Waals surface area contributed by atoms with E-state index in [0.717, 1.165) is 5.56 Å². The highest BCUT2D eigenvalue weighted by Crippen LogP contribution is 2.27. The second-order valence-electron chi connectivity index (χ2n) is 6.06. The third kappa shape index (κ3) is 4.35. The first-order chi connectivity index (χ1) is 11.6. The monoisotopic (exact) mass is 370 g/mol. The standard InChI is InChI=1S/C17H20F2N4O.ClH/c1-23-10-11(7-22-23)13-8-20-9-14(13)17(24)21-6-5-12-15(18)3-2-4-16(12)19;/h2-4,7,10,13-14,20H,5-6,8-9H2,1H3,(H,21,24);1H/t13-,14+;/m1./s1. The molecular formula is C17H21ClF2N4O. The van der Waals surface area contributed by atoms with Gasteiger partial charge in [-0.1, -0.05) is 6.07 Å². The zero-order valence-corrected chi connectivity index (χ0v) is 14.7. The first-order valence-electron chi connectivity index (χ1n) is 7.96. The Balaban J connectivity index is 0.00000225. The maximum absolute atomic E-state index is 13.6. The molecule has 1 aliphatic rings. The number of aromatic nitrogens is 2. The molecule has 5 nitrogen and oxygen atoms in total. The van der Waals surface area contributed by atoms with Gasteiger partial charge in [-0.05, 0) is 24.1 Å². The lowest BCUT2D eigenvalue weighted by molar-refractivity contribution is -0.124. The fraction of sp³-hybridized carbons (Fsp3) is 0.412. The minimum absolute atomic E-state index is 0. The van der Waals surface area contributed by atoms with E-state index in [4.69, 9.17) is 0 Å². The van der Waals surface area contributed by atoms with E-state index in [1.54, 1.807) is 10.9 Å². The molecule has 136 valence electrons. The van der Waals surface area contributed by atoms with Crippen LogP contribution in [-0.4, -0.2) is 35.3 Å². The number of halogens is 3. The van der Waals surface area contributed by atoms with E-state index in [-0.39, 0.29) is 48.7 Å². The number of nitrogens with one attached hydrogen (secondary N) is 2. The summed E-state index contributed by atoms with van der Waals surface area (Å²) in [4.78, 5) is 12.4. The van der Waals surface area contributed by atoms with Gasteiger partial charge in [0.05, 0.1) is 12.1 Å². The SMILES string of the molecule is Cl.Cn1cc([C@H]2CNC[C@@H]2C(=O)NCCc2c(F)cccc2F)cn1. The molecule has 8 heteroatoms. The molecular weight excluding hydrogens is 350 g/mol. The Bertz CT molecular complexity index is 717. The predicted molar refractivity (Wildman–Crippen MR) is 92.6 cm³/mol. The van der Waals surface area contributed by atoms with Crippen molar-refractivity contribution in [2.45, 2.75) is 12.3 Å². The van der Waals surface area contributed by atoms with Crippen molar-refractivity contribution in [3.05, 3.63) is 53.4 Å². The van der Waals surface area contributed by atoms with Crippen LogP contribution < -0.4 is 10.6 Å². The normalized spacial score (nSPS) is 19.5. The average molecular weight is 371 g/mol. The van der Waals surface area contributed by atoms with Crippen LogP contribution in [0.2, 0.25) is 0 Å². The maximum atomic E-state index is 13.6. The Morgan fingerprint density at radius 3 is 2.72 bits per heavy atom. The Hall–Kier alpha value is -1.99. The highest BCUT2D eigenvalue weighted by molar-refractivity contribution is 5.85. The lowest BCUT2D eigenvalue weighted by atomic mass is 9.90. The minimum Gasteiger partial charge on any atom is -0.355 e. The first-order valence-corrected chi connectivity index (χ1v) is 7.96. The van der Waals surface area contributed by atoms with E-state index in [1.807, 2.05) is 13.2 Å². The Kier molecular flexibility index (Phi) is 6.50. The van der Waals surface area contributed by atoms with Crippen LogP contribution in [0.15, 0.2) is 30.6 Å². The molecule has 2 N–H and O–H groups in total. The van der Waals surface area contributed by atoms with Crippen molar-refractivity contribution in [3.8, 4) is 0 Å². The van der Waals surface area contributed by atoms with E-state index >= 15 is 0 Å². The molecule has 25 heavy (non-hydrogen) atoms. The van der Waals surface area contributed by atoms with Gasteiger partial charge in [0.25, 0.3) is 0 Å². The van der Waals surface area contributed by atoms with E-state index in [0.29, 0.717) is 13.1 Å². The molecule has 1 amide bonds. The number of aryl methyl sites for hydroxylation is 1. The number of nitrogens with zero attached hydrogens (tertiary/aromatic N) is 2. The number of carbonyl (C=O) groups excluding carboxylic acids is 1. The molecule has 1 saturated heterocycles. The summed E-state index contributed by atoms with van der Waals surface area (Å²) >= 11 is 0. The van der Waals surface area contributed by atoms with Gasteiger partial charge in [-0.2, -0.15) is 5.10 Å². The molecule has 1 fully saturated rings. The molecule has 3 rings (SSSR count). The number of hydrogen-bond acceptors (Lipinski definition) is 3. The first kappa shape index (κ1) is 19.3. The van der Waals surface area contributed by atoms with Gasteiger partial charge < -0.3 is 10.6 Å². The molecule has 2 atom stereocenters. The topological polar surface area (TPSA) is 59.0 Å². The summed E-state index contributed by atoms with van der Waals surface area (Å²) in [6.07, 6.45) is 3.81. The fourth-order valence-corrected chi connectivity index (χ4v) is 3.15. The van der Waals surface area contributed by atoms with Crippen molar-refractivity contribution < 1.29 is 13.6 Å². The summed E-state index contributed by atoms with van der Waals surface area (Å²) < 4.78 is 28.9. The lowest BCUT2D eigenvalue weighted by Crippen LogP contribution is -2.35. The van der Waals surface area contributed by atoms with Crippen LogP contribution in [0.5, 0.6) is 0 Å².